The second-order valence-electron chi connectivity index (χ2n) is 4.75. The van der Waals surface area contributed by atoms with Crippen molar-refractivity contribution < 1.29 is 0 Å². The zero-order chi connectivity index (χ0) is 13.9. The van der Waals surface area contributed by atoms with Crippen molar-refractivity contribution in [3.8, 4) is 0 Å². The Labute approximate surface area is 127 Å². The van der Waals surface area contributed by atoms with Gasteiger partial charge in [-0.05, 0) is 37.1 Å². The molecule has 20 heavy (non-hydrogen) atoms. The van der Waals surface area contributed by atoms with Crippen molar-refractivity contribution >= 4 is 45.1 Å². The predicted octanol–water partition coefficient (Wildman–Crippen LogP) is 4.57. The van der Waals surface area contributed by atoms with E-state index in [4.69, 9.17) is 16.6 Å². The number of anilines is 1. The molecule has 3 rings (SSSR count). The number of halogens is 1. The molecule has 0 saturated carbocycles. The van der Waals surface area contributed by atoms with Gasteiger partial charge in [-0.25, -0.2) is 0 Å². The Morgan fingerprint density at radius 2 is 2.30 bits per heavy atom. The number of aliphatic imine (C=N–C) groups is 1. The molecule has 0 aliphatic carbocycles. The summed E-state index contributed by atoms with van der Waals surface area (Å²) in [4.78, 5) is 9.17. The summed E-state index contributed by atoms with van der Waals surface area (Å²) in [6.07, 6.45) is 4.03. The van der Waals surface area contributed by atoms with Crippen molar-refractivity contribution in [3.05, 3.63) is 35.5 Å². The summed E-state index contributed by atoms with van der Waals surface area (Å²) in [5.41, 5.74) is 1.86. The lowest BCUT2D eigenvalue weighted by Crippen LogP contribution is -2.19. The van der Waals surface area contributed by atoms with Crippen LogP contribution in [0.15, 0.2) is 35.5 Å². The number of benzene rings is 1. The number of pyridine rings is 1. The average molecular weight is 306 g/mol. The fraction of sp³-hybridized carbons (Fsp3) is 0.333. The van der Waals surface area contributed by atoms with Crippen LogP contribution in [0.2, 0.25) is 5.02 Å². The van der Waals surface area contributed by atoms with E-state index in [0.29, 0.717) is 6.04 Å². The van der Waals surface area contributed by atoms with Gasteiger partial charge in [0, 0.05) is 17.3 Å². The smallest absolute Gasteiger partial charge is 0.161 e. The van der Waals surface area contributed by atoms with Crippen molar-refractivity contribution in [1.29, 1.82) is 0 Å². The highest BCUT2D eigenvalue weighted by atomic mass is 35.5. The van der Waals surface area contributed by atoms with Crippen LogP contribution in [0.5, 0.6) is 0 Å². The Bertz CT molecular complexity index is 657. The summed E-state index contributed by atoms with van der Waals surface area (Å²) in [5.74, 6) is 1.11. The van der Waals surface area contributed by atoms with Crippen LogP contribution in [0.4, 0.5) is 5.69 Å². The number of fused-ring (bicyclic) bond motifs is 1. The van der Waals surface area contributed by atoms with E-state index in [1.165, 1.54) is 0 Å². The van der Waals surface area contributed by atoms with Gasteiger partial charge in [0.05, 0.1) is 22.3 Å². The van der Waals surface area contributed by atoms with Gasteiger partial charge in [-0.2, -0.15) is 0 Å². The van der Waals surface area contributed by atoms with Crippen LogP contribution in [-0.4, -0.2) is 21.9 Å². The fourth-order valence-corrected chi connectivity index (χ4v) is 3.48. The molecular formula is C15H16ClN3S. The van der Waals surface area contributed by atoms with Crippen molar-refractivity contribution in [2.45, 2.75) is 25.8 Å². The minimum atomic E-state index is 0.435. The van der Waals surface area contributed by atoms with E-state index in [1.807, 2.05) is 24.3 Å². The maximum atomic E-state index is 6.21. The van der Waals surface area contributed by atoms with Gasteiger partial charge in [-0.3, -0.25) is 9.98 Å². The number of nitrogens with one attached hydrogen (secondary N) is 1. The van der Waals surface area contributed by atoms with Crippen LogP contribution < -0.4 is 5.32 Å². The van der Waals surface area contributed by atoms with Crippen LogP contribution in [-0.2, 0) is 0 Å². The Hall–Kier alpha value is -1.26. The van der Waals surface area contributed by atoms with Gasteiger partial charge in [0.15, 0.2) is 5.17 Å². The minimum absolute atomic E-state index is 0.435. The molecule has 1 atom stereocenters. The molecule has 0 bridgehead atoms. The Morgan fingerprint density at radius 1 is 1.40 bits per heavy atom. The van der Waals surface area contributed by atoms with Crippen molar-refractivity contribution in [2.75, 3.05) is 11.1 Å². The summed E-state index contributed by atoms with van der Waals surface area (Å²) in [6, 6.07) is 8.19. The molecule has 2 heterocycles. The molecule has 104 valence electrons. The zero-order valence-corrected chi connectivity index (χ0v) is 12.8. The summed E-state index contributed by atoms with van der Waals surface area (Å²) >= 11 is 7.98. The van der Waals surface area contributed by atoms with Gasteiger partial charge < -0.3 is 5.32 Å². The van der Waals surface area contributed by atoms with Crippen LogP contribution >= 0.6 is 23.4 Å². The molecule has 0 saturated heterocycles. The molecule has 0 spiro atoms. The van der Waals surface area contributed by atoms with E-state index >= 15 is 0 Å². The maximum Gasteiger partial charge on any atom is 0.161 e. The third-order valence-electron chi connectivity index (χ3n) is 3.42. The van der Waals surface area contributed by atoms with Crippen LogP contribution in [0.25, 0.3) is 10.9 Å². The molecule has 0 fully saturated rings. The first-order valence-corrected chi connectivity index (χ1v) is 8.15. The number of amidine groups is 1. The van der Waals surface area contributed by atoms with Gasteiger partial charge in [0.1, 0.15) is 0 Å². The number of nitrogens with zero attached hydrogens (tertiary/aromatic N) is 2. The molecular weight excluding hydrogens is 290 g/mol. The summed E-state index contributed by atoms with van der Waals surface area (Å²) < 4.78 is 0. The molecule has 1 aliphatic rings. The Balaban J connectivity index is 1.95. The van der Waals surface area contributed by atoms with Crippen LogP contribution in [0, 0.1) is 0 Å². The van der Waals surface area contributed by atoms with Gasteiger partial charge in [0.25, 0.3) is 0 Å². The topological polar surface area (TPSA) is 37.3 Å². The van der Waals surface area contributed by atoms with E-state index < -0.39 is 0 Å². The van der Waals surface area contributed by atoms with Crippen molar-refractivity contribution in [2.24, 2.45) is 4.99 Å². The van der Waals surface area contributed by atoms with Crippen molar-refractivity contribution in [3.63, 3.8) is 0 Å². The number of aromatic nitrogens is 1. The van der Waals surface area contributed by atoms with Gasteiger partial charge in [-0.1, -0.05) is 30.3 Å². The second kappa shape index (κ2) is 6.02. The lowest BCUT2D eigenvalue weighted by Gasteiger charge is -2.20. The lowest BCUT2D eigenvalue weighted by atomic mass is 10.2. The van der Waals surface area contributed by atoms with Crippen molar-refractivity contribution in [1.82, 2.24) is 4.98 Å². The monoisotopic (exact) mass is 305 g/mol. The van der Waals surface area contributed by atoms with Crippen LogP contribution in [0.3, 0.4) is 0 Å². The fourth-order valence-electron chi connectivity index (χ4n) is 2.28. The van der Waals surface area contributed by atoms with E-state index in [0.717, 1.165) is 45.4 Å². The van der Waals surface area contributed by atoms with Gasteiger partial charge in [-0.15, -0.1) is 0 Å². The molecule has 0 radical (unpaired) electrons. The zero-order valence-electron chi connectivity index (χ0n) is 11.3. The summed E-state index contributed by atoms with van der Waals surface area (Å²) in [6.45, 7) is 2.18. The molecule has 1 aliphatic heterocycles. The average Bonchev–Trinajstić information content (AvgIpc) is 2.51. The molecule has 1 unspecified atom stereocenters. The molecule has 0 amide bonds. The third kappa shape index (κ3) is 2.76. The largest absolute Gasteiger partial charge is 0.333 e. The quantitative estimate of drug-likeness (QED) is 0.883. The Kier molecular flexibility index (Phi) is 4.13. The summed E-state index contributed by atoms with van der Waals surface area (Å²) in [7, 11) is 0. The van der Waals surface area contributed by atoms with Gasteiger partial charge in [0.2, 0.25) is 0 Å². The predicted molar refractivity (Wildman–Crippen MR) is 89.0 cm³/mol. The lowest BCUT2D eigenvalue weighted by molar-refractivity contribution is 0.634. The molecule has 1 aromatic carbocycles. The van der Waals surface area contributed by atoms with E-state index in [9.17, 15) is 0 Å². The first-order chi connectivity index (χ1) is 9.78. The molecule has 2 aromatic rings. The number of hydrogen-bond donors (Lipinski definition) is 1. The minimum Gasteiger partial charge on any atom is -0.333 e. The van der Waals surface area contributed by atoms with E-state index in [-0.39, 0.29) is 0 Å². The third-order valence-corrected chi connectivity index (χ3v) is 4.67. The van der Waals surface area contributed by atoms with Gasteiger partial charge >= 0.3 is 0 Å². The first-order valence-electron chi connectivity index (χ1n) is 6.79. The molecule has 1 N–H and O–H groups in total. The number of thioether (sulfide) groups is 1. The first kappa shape index (κ1) is 13.7. The molecule has 3 nitrogen and oxygen atoms in total. The standard InChI is InChI=1S/C15H16ClN3S/c1-2-10-7-9-20-15(18-10)19-13-6-5-12(16)11-4-3-8-17-14(11)13/h3-6,8,10H,2,7,9H2,1H3,(H,18,19). The second-order valence-corrected chi connectivity index (χ2v) is 6.24. The highest BCUT2D eigenvalue weighted by Gasteiger charge is 2.15. The maximum absolute atomic E-state index is 6.21. The normalized spacial score (nSPS) is 18.9. The highest BCUT2D eigenvalue weighted by Crippen LogP contribution is 2.29. The Morgan fingerprint density at radius 3 is 3.15 bits per heavy atom. The number of rotatable bonds is 2. The van der Waals surface area contributed by atoms with Crippen LogP contribution in [0.1, 0.15) is 19.8 Å². The SMILES string of the molecule is CCC1CCSC(Nc2ccc(Cl)c3cccnc23)=N1. The molecule has 1 aromatic heterocycles. The van der Waals surface area contributed by atoms with E-state index in [1.54, 1.807) is 18.0 Å². The molecule has 5 heteroatoms. The number of hydrogen-bond acceptors (Lipinski definition) is 4. The van der Waals surface area contributed by atoms with E-state index in [2.05, 4.69) is 17.2 Å². The highest BCUT2D eigenvalue weighted by molar-refractivity contribution is 8.14. The summed E-state index contributed by atoms with van der Waals surface area (Å²) in [5, 5.41) is 6.08.